The highest BCUT2D eigenvalue weighted by atomic mass is 19.4. The molecule has 6 heteroatoms. The lowest BCUT2D eigenvalue weighted by molar-refractivity contribution is -0.137. The summed E-state index contributed by atoms with van der Waals surface area (Å²) < 4.78 is 43.5. The van der Waals surface area contributed by atoms with Gasteiger partial charge in [-0.25, -0.2) is 5.90 Å². The van der Waals surface area contributed by atoms with Gasteiger partial charge in [0.05, 0.1) is 18.8 Å². The number of ether oxygens (including phenoxy) is 1. The van der Waals surface area contributed by atoms with E-state index >= 15 is 0 Å². The average molecular weight is 325 g/mol. The Bertz CT molecular complexity index is 639. The van der Waals surface area contributed by atoms with Gasteiger partial charge in [0.2, 0.25) is 0 Å². The highest BCUT2D eigenvalue weighted by Crippen LogP contribution is 2.32. The SMILES string of the molecule is CCCOc1cc(-c2ccc(C(F)(F)F)cc2)ccc1CON. The van der Waals surface area contributed by atoms with Gasteiger partial charge in [0.25, 0.3) is 0 Å². The highest BCUT2D eigenvalue weighted by molar-refractivity contribution is 5.66. The van der Waals surface area contributed by atoms with Crippen LogP contribution in [0.25, 0.3) is 11.1 Å². The molecule has 0 saturated heterocycles. The molecule has 3 nitrogen and oxygen atoms in total. The molecule has 0 saturated carbocycles. The summed E-state index contributed by atoms with van der Waals surface area (Å²) in [7, 11) is 0. The first-order chi connectivity index (χ1) is 11.0. The third-order valence-electron chi connectivity index (χ3n) is 3.31. The van der Waals surface area contributed by atoms with Crippen LogP contribution in [0.2, 0.25) is 0 Å². The van der Waals surface area contributed by atoms with Crippen molar-refractivity contribution in [1.82, 2.24) is 0 Å². The van der Waals surface area contributed by atoms with Gasteiger partial charge in [-0.15, -0.1) is 0 Å². The first-order valence-electron chi connectivity index (χ1n) is 7.20. The molecule has 23 heavy (non-hydrogen) atoms. The van der Waals surface area contributed by atoms with Crippen molar-refractivity contribution in [2.45, 2.75) is 26.1 Å². The van der Waals surface area contributed by atoms with Crippen molar-refractivity contribution in [2.75, 3.05) is 6.61 Å². The van der Waals surface area contributed by atoms with E-state index in [4.69, 9.17) is 10.6 Å². The molecular weight excluding hydrogens is 307 g/mol. The van der Waals surface area contributed by atoms with E-state index in [2.05, 4.69) is 4.84 Å². The van der Waals surface area contributed by atoms with Gasteiger partial charge in [-0.05, 0) is 35.7 Å². The molecule has 2 aromatic rings. The van der Waals surface area contributed by atoms with Crippen LogP contribution in [-0.4, -0.2) is 6.61 Å². The monoisotopic (exact) mass is 325 g/mol. The second-order valence-corrected chi connectivity index (χ2v) is 5.06. The van der Waals surface area contributed by atoms with Gasteiger partial charge >= 0.3 is 6.18 Å². The maximum absolute atomic E-state index is 12.6. The van der Waals surface area contributed by atoms with Gasteiger partial charge in [-0.1, -0.05) is 31.2 Å². The third-order valence-corrected chi connectivity index (χ3v) is 3.31. The smallest absolute Gasteiger partial charge is 0.416 e. The zero-order valence-electron chi connectivity index (χ0n) is 12.7. The Labute approximate surface area is 132 Å². The van der Waals surface area contributed by atoms with Crippen molar-refractivity contribution in [1.29, 1.82) is 0 Å². The van der Waals surface area contributed by atoms with Gasteiger partial charge in [0, 0.05) is 5.56 Å². The Kier molecular flexibility index (Phi) is 5.63. The van der Waals surface area contributed by atoms with E-state index in [0.29, 0.717) is 17.9 Å². The lowest BCUT2D eigenvalue weighted by Crippen LogP contribution is -2.04. The average Bonchev–Trinajstić information content (AvgIpc) is 2.53. The van der Waals surface area contributed by atoms with E-state index < -0.39 is 11.7 Å². The standard InChI is InChI=1S/C17H18F3NO2/c1-2-9-22-16-10-13(3-4-14(16)11-23-21)12-5-7-15(8-6-12)17(18,19)20/h3-8,10H,2,9,11,21H2,1H3. The molecule has 0 radical (unpaired) electrons. The molecule has 0 bridgehead atoms. The van der Waals surface area contributed by atoms with Crippen molar-refractivity contribution < 1.29 is 22.7 Å². The summed E-state index contributed by atoms with van der Waals surface area (Å²) in [4.78, 5) is 4.64. The molecule has 0 unspecified atom stereocenters. The van der Waals surface area contributed by atoms with E-state index in [1.165, 1.54) is 12.1 Å². The number of halogens is 3. The van der Waals surface area contributed by atoms with E-state index in [1.54, 1.807) is 18.2 Å². The molecule has 0 aromatic heterocycles. The van der Waals surface area contributed by atoms with Crippen LogP contribution in [-0.2, 0) is 17.6 Å². The Morgan fingerprint density at radius 1 is 1.00 bits per heavy atom. The fourth-order valence-electron chi connectivity index (χ4n) is 2.14. The fraction of sp³-hybridized carbons (Fsp3) is 0.294. The maximum Gasteiger partial charge on any atom is 0.416 e. The van der Waals surface area contributed by atoms with E-state index in [1.807, 2.05) is 6.92 Å². The molecule has 124 valence electrons. The topological polar surface area (TPSA) is 44.5 Å². The first-order valence-corrected chi connectivity index (χ1v) is 7.20. The van der Waals surface area contributed by atoms with E-state index in [-0.39, 0.29) is 6.61 Å². The molecule has 0 heterocycles. The van der Waals surface area contributed by atoms with Gasteiger partial charge < -0.3 is 4.74 Å². The predicted molar refractivity (Wildman–Crippen MR) is 81.6 cm³/mol. The van der Waals surface area contributed by atoms with Crippen LogP contribution in [0.3, 0.4) is 0 Å². The molecule has 0 aliphatic carbocycles. The molecule has 2 rings (SSSR count). The first kappa shape index (κ1) is 17.3. The van der Waals surface area contributed by atoms with Crippen molar-refractivity contribution >= 4 is 0 Å². The highest BCUT2D eigenvalue weighted by Gasteiger charge is 2.29. The van der Waals surface area contributed by atoms with E-state index in [9.17, 15) is 13.2 Å². The lowest BCUT2D eigenvalue weighted by atomic mass is 10.0. The summed E-state index contributed by atoms with van der Waals surface area (Å²) in [5, 5.41) is 0. The van der Waals surface area contributed by atoms with Crippen molar-refractivity contribution in [3.05, 3.63) is 53.6 Å². The maximum atomic E-state index is 12.6. The minimum atomic E-state index is -4.34. The minimum absolute atomic E-state index is 0.201. The van der Waals surface area contributed by atoms with Crippen molar-refractivity contribution in [3.63, 3.8) is 0 Å². The number of benzene rings is 2. The Morgan fingerprint density at radius 3 is 2.22 bits per heavy atom. The fourth-order valence-corrected chi connectivity index (χ4v) is 2.14. The molecular formula is C17H18F3NO2. The normalized spacial score (nSPS) is 11.5. The Hall–Kier alpha value is -2.05. The van der Waals surface area contributed by atoms with Crippen molar-refractivity contribution in [2.24, 2.45) is 5.90 Å². The number of alkyl halides is 3. The van der Waals surface area contributed by atoms with Gasteiger partial charge in [-0.3, -0.25) is 4.84 Å². The summed E-state index contributed by atoms with van der Waals surface area (Å²) in [6.07, 6.45) is -3.50. The van der Waals surface area contributed by atoms with Crippen LogP contribution >= 0.6 is 0 Å². The lowest BCUT2D eigenvalue weighted by Gasteiger charge is -2.13. The van der Waals surface area contributed by atoms with Crippen molar-refractivity contribution in [3.8, 4) is 16.9 Å². The summed E-state index contributed by atoms with van der Waals surface area (Å²) in [6.45, 7) is 2.72. The summed E-state index contributed by atoms with van der Waals surface area (Å²) >= 11 is 0. The van der Waals surface area contributed by atoms with Gasteiger partial charge in [0.15, 0.2) is 0 Å². The van der Waals surface area contributed by atoms with Crippen LogP contribution in [0.5, 0.6) is 5.75 Å². The zero-order chi connectivity index (χ0) is 16.9. The summed E-state index contributed by atoms with van der Waals surface area (Å²) in [5.41, 5.74) is 1.57. The molecule has 2 aromatic carbocycles. The van der Waals surface area contributed by atoms with Crippen LogP contribution in [0.4, 0.5) is 13.2 Å². The predicted octanol–water partition coefficient (Wildman–Crippen LogP) is 4.55. The third kappa shape index (κ3) is 4.46. The largest absolute Gasteiger partial charge is 0.493 e. The van der Waals surface area contributed by atoms with Crippen LogP contribution < -0.4 is 10.6 Å². The molecule has 2 N–H and O–H groups in total. The number of hydrogen-bond acceptors (Lipinski definition) is 3. The van der Waals surface area contributed by atoms with Gasteiger partial charge in [-0.2, -0.15) is 13.2 Å². The second kappa shape index (κ2) is 7.48. The molecule has 0 aliphatic heterocycles. The molecule has 0 amide bonds. The summed E-state index contributed by atoms with van der Waals surface area (Å²) in [5.74, 6) is 5.72. The van der Waals surface area contributed by atoms with Crippen LogP contribution in [0, 0.1) is 0 Å². The molecule has 0 spiro atoms. The quantitative estimate of drug-likeness (QED) is 0.792. The zero-order valence-corrected chi connectivity index (χ0v) is 12.7. The minimum Gasteiger partial charge on any atom is -0.493 e. The van der Waals surface area contributed by atoms with E-state index in [0.717, 1.165) is 29.7 Å². The Balaban J connectivity index is 2.31. The molecule has 0 aliphatic rings. The Morgan fingerprint density at radius 2 is 1.65 bits per heavy atom. The number of rotatable bonds is 6. The van der Waals surface area contributed by atoms with Crippen LogP contribution in [0.1, 0.15) is 24.5 Å². The molecule has 0 atom stereocenters. The second-order valence-electron chi connectivity index (χ2n) is 5.06. The summed E-state index contributed by atoms with van der Waals surface area (Å²) in [6, 6.07) is 10.4. The number of hydrogen-bond donors (Lipinski definition) is 1. The number of nitrogens with two attached hydrogens (primary N) is 1. The molecule has 0 fully saturated rings. The van der Waals surface area contributed by atoms with Gasteiger partial charge in [0.1, 0.15) is 5.75 Å². The van der Waals surface area contributed by atoms with Crippen LogP contribution in [0.15, 0.2) is 42.5 Å².